The van der Waals surface area contributed by atoms with Gasteiger partial charge in [0.25, 0.3) is 0 Å². The standard InChI is InChI=1S/C30H50N4O2/c1-7-9-33-23-19-26-30(22-32-13-17-36-18-14-32)28(5,6)24(34(26)10-8-2)20-25(33)29(30,27(23,3)4)21-31-11-15-35-16-12-31/h7-8,23-26H,1-2,9-22H2,3-6H3. The molecule has 4 aliphatic heterocycles. The number of ether oxygens (including phenoxy) is 2. The molecule has 4 heterocycles. The Kier molecular flexibility index (Phi) is 6.30. The first kappa shape index (κ1) is 25.5. The van der Waals surface area contributed by atoms with Gasteiger partial charge in [-0.2, -0.15) is 0 Å². The van der Waals surface area contributed by atoms with Crippen LogP contribution in [0.5, 0.6) is 0 Å². The Morgan fingerprint density at radius 1 is 0.639 bits per heavy atom. The Morgan fingerprint density at radius 2 is 1.00 bits per heavy atom. The fourth-order valence-electron chi connectivity index (χ4n) is 10.9. The Morgan fingerprint density at radius 3 is 1.33 bits per heavy atom. The first-order valence-corrected chi connectivity index (χ1v) is 14.6. The zero-order valence-electron chi connectivity index (χ0n) is 23.4. The molecule has 0 amide bonds. The van der Waals surface area contributed by atoms with Crippen molar-refractivity contribution < 1.29 is 9.47 Å². The summed E-state index contributed by atoms with van der Waals surface area (Å²) in [6.45, 7) is 31.2. The van der Waals surface area contributed by atoms with E-state index in [2.05, 4.69) is 72.6 Å². The maximum Gasteiger partial charge on any atom is 0.0594 e. The second kappa shape index (κ2) is 8.89. The first-order valence-electron chi connectivity index (χ1n) is 14.6. The van der Waals surface area contributed by atoms with Gasteiger partial charge in [-0.05, 0) is 23.7 Å². The number of nitrogens with zero attached hydrogens (tertiary/aromatic N) is 4. The smallest absolute Gasteiger partial charge is 0.0594 e. The lowest BCUT2D eigenvalue weighted by Gasteiger charge is -2.69. The minimum atomic E-state index is 0.197. The molecule has 0 aromatic heterocycles. The lowest BCUT2D eigenvalue weighted by molar-refractivity contribution is -0.201. The van der Waals surface area contributed by atoms with Crippen LogP contribution in [-0.2, 0) is 9.47 Å². The number of fused-ring (bicyclic) bond motifs is 2. The van der Waals surface area contributed by atoms with Crippen molar-refractivity contribution in [3.63, 3.8) is 0 Å². The van der Waals surface area contributed by atoms with Crippen molar-refractivity contribution >= 4 is 0 Å². The van der Waals surface area contributed by atoms with Crippen LogP contribution in [-0.4, -0.2) is 123 Å². The minimum Gasteiger partial charge on any atom is -0.379 e. The Labute approximate surface area is 219 Å². The topological polar surface area (TPSA) is 31.4 Å². The molecule has 6 rings (SSSR count). The van der Waals surface area contributed by atoms with E-state index in [9.17, 15) is 0 Å². The fraction of sp³-hybridized carbons (Fsp3) is 0.867. The van der Waals surface area contributed by atoms with Crippen molar-refractivity contribution in [1.82, 2.24) is 19.6 Å². The maximum absolute atomic E-state index is 5.83. The summed E-state index contributed by atoms with van der Waals surface area (Å²) in [4.78, 5) is 11.4. The first-order chi connectivity index (χ1) is 17.3. The molecule has 0 spiro atoms. The third kappa shape index (κ3) is 3.06. The van der Waals surface area contributed by atoms with E-state index >= 15 is 0 Å². The molecule has 0 aromatic rings. The van der Waals surface area contributed by atoms with Gasteiger partial charge in [0.1, 0.15) is 0 Å². The van der Waals surface area contributed by atoms with Gasteiger partial charge in [-0.1, -0.05) is 39.8 Å². The molecule has 0 aromatic carbocycles. The Hall–Kier alpha value is -0.760. The lowest BCUT2D eigenvalue weighted by Crippen LogP contribution is -2.75. The van der Waals surface area contributed by atoms with Crippen molar-refractivity contribution in [3.8, 4) is 0 Å². The highest BCUT2D eigenvalue weighted by atomic mass is 16.5. The third-order valence-corrected chi connectivity index (χ3v) is 12.2. The van der Waals surface area contributed by atoms with E-state index in [0.29, 0.717) is 24.2 Å². The number of rotatable bonds is 8. The highest BCUT2D eigenvalue weighted by Crippen LogP contribution is 2.80. The van der Waals surface area contributed by atoms with E-state index in [1.165, 1.54) is 25.9 Å². The van der Waals surface area contributed by atoms with Crippen LogP contribution in [0.4, 0.5) is 0 Å². The minimum absolute atomic E-state index is 0.197. The molecule has 4 saturated heterocycles. The van der Waals surface area contributed by atoms with E-state index in [1.807, 2.05) is 0 Å². The quantitative estimate of drug-likeness (QED) is 0.479. The summed E-state index contributed by atoms with van der Waals surface area (Å²) < 4.78 is 11.7. The average Bonchev–Trinajstić information content (AvgIpc) is 3.04. The SMILES string of the molecule is C=CCN1C2CC3N(CC=C)C4CC1C(CN1CCOCC1)(C2(C)C)C3(CN1CCOCC1)C4(C)C. The van der Waals surface area contributed by atoms with Gasteiger partial charge in [-0.25, -0.2) is 0 Å². The molecule has 36 heavy (non-hydrogen) atoms. The molecule has 6 unspecified atom stereocenters. The van der Waals surface area contributed by atoms with Crippen molar-refractivity contribution in [2.45, 2.75) is 64.7 Å². The molecule has 6 atom stereocenters. The van der Waals surface area contributed by atoms with Crippen LogP contribution in [0.1, 0.15) is 40.5 Å². The molecular formula is C30H50N4O2. The van der Waals surface area contributed by atoms with Crippen molar-refractivity contribution in [2.75, 3.05) is 78.8 Å². The molecule has 2 aliphatic carbocycles. The summed E-state index contributed by atoms with van der Waals surface area (Å²) in [6.07, 6.45) is 6.88. The summed E-state index contributed by atoms with van der Waals surface area (Å²) in [7, 11) is 0. The number of likely N-dealkylation sites (tertiary alicyclic amines) is 2. The summed E-state index contributed by atoms with van der Waals surface area (Å²) in [5.74, 6) is 0. The number of hydrogen-bond acceptors (Lipinski definition) is 6. The maximum atomic E-state index is 5.83. The van der Waals surface area contributed by atoms with Crippen LogP contribution in [0.25, 0.3) is 0 Å². The predicted octanol–water partition coefficient (Wildman–Crippen LogP) is 2.96. The van der Waals surface area contributed by atoms with Crippen molar-refractivity contribution in [3.05, 3.63) is 25.3 Å². The van der Waals surface area contributed by atoms with Gasteiger partial charge in [0, 0.05) is 87.4 Å². The summed E-state index contributed by atoms with van der Waals surface area (Å²) in [5, 5.41) is 0. The second-order valence-corrected chi connectivity index (χ2v) is 13.7. The van der Waals surface area contributed by atoms with Crippen LogP contribution in [0.3, 0.4) is 0 Å². The lowest BCUT2D eigenvalue weighted by atomic mass is 9.35. The molecule has 6 fully saturated rings. The highest BCUT2D eigenvalue weighted by molar-refractivity contribution is 5.37. The van der Waals surface area contributed by atoms with Gasteiger partial charge in [-0.3, -0.25) is 19.6 Å². The molecular weight excluding hydrogens is 448 g/mol. The van der Waals surface area contributed by atoms with Gasteiger partial charge in [0.05, 0.1) is 26.4 Å². The van der Waals surface area contributed by atoms with E-state index in [0.717, 1.165) is 65.7 Å². The number of hydrogen-bond donors (Lipinski definition) is 0. The summed E-state index contributed by atoms with van der Waals surface area (Å²) in [6, 6.07) is 2.34. The van der Waals surface area contributed by atoms with Gasteiger partial charge >= 0.3 is 0 Å². The fourth-order valence-corrected chi connectivity index (χ4v) is 10.9. The zero-order chi connectivity index (χ0) is 25.3. The molecule has 2 saturated carbocycles. The zero-order valence-corrected chi connectivity index (χ0v) is 23.4. The van der Waals surface area contributed by atoms with Gasteiger partial charge in [0.2, 0.25) is 0 Å². The van der Waals surface area contributed by atoms with Crippen LogP contribution in [0.15, 0.2) is 25.3 Å². The molecule has 6 heteroatoms. The van der Waals surface area contributed by atoms with E-state index in [-0.39, 0.29) is 21.7 Å². The molecule has 6 aliphatic rings. The third-order valence-electron chi connectivity index (χ3n) is 12.2. The van der Waals surface area contributed by atoms with Crippen LogP contribution >= 0.6 is 0 Å². The van der Waals surface area contributed by atoms with Crippen molar-refractivity contribution in [1.29, 1.82) is 0 Å². The van der Waals surface area contributed by atoms with E-state index in [1.54, 1.807) is 0 Å². The molecule has 0 radical (unpaired) electrons. The normalized spacial score (nSPS) is 44.2. The summed E-state index contributed by atoms with van der Waals surface area (Å²) >= 11 is 0. The molecule has 0 N–H and O–H groups in total. The largest absolute Gasteiger partial charge is 0.379 e. The van der Waals surface area contributed by atoms with Crippen LogP contribution < -0.4 is 0 Å². The predicted molar refractivity (Wildman–Crippen MR) is 145 cm³/mol. The Balaban J connectivity index is 1.56. The molecule has 202 valence electrons. The Bertz CT molecular complexity index is 793. The average molecular weight is 499 g/mol. The number of morpholine rings is 2. The van der Waals surface area contributed by atoms with E-state index in [4.69, 9.17) is 9.47 Å². The monoisotopic (exact) mass is 498 g/mol. The molecule has 6 nitrogen and oxygen atoms in total. The van der Waals surface area contributed by atoms with Crippen LogP contribution in [0, 0.1) is 21.7 Å². The van der Waals surface area contributed by atoms with Gasteiger partial charge < -0.3 is 9.47 Å². The van der Waals surface area contributed by atoms with Crippen molar-refractivity contribution in [2.24, 2.45) is 21.7 Å². The highest BCUT2D eigenvalue weighted by Gasteiger charge is 2.85. The molecule has 4 bridgehead atoms. The van der Waals surface area contributed by atoms with Gasteiger partial charge in [-0.15, -0.1) is 13.2 Å². The van der Waals surface area contributed by atoms with Gasteiger partial charge in [0.15, 0.2) is 0 Å². The summed E-state index contributed by atoms with van der Waals surface area (Å²) in [5.41, 5.74) is 0.826. The van der Waals surface area contributed by atoms with E-state index < -0.39 is 0 Å². The van der Waals surface area contributed by atoms with Crippen LogP contribution in [0.2, 0.25) is 0 Å². The second-order valence-electron chi connectivity index (χ2n) is 13.7.